The van der Waals surface area contributed by atoms with Crippen LogP contribution in [0.3, 0.4) is 0 Å². The van der Waals surface area contributed by atoms with Crippen LogP contribution in [0.1, 0.15) is 17.9 Å². The molecule has 1 fully saturated rings. The summed E-state index contributed by atoms with van der Waals surface area (Å²) in [6.07, 6.45) is -2.64. The Morgan fingerprint density at radius 3 is 2.78 bits per heavy atom. The van der Waals surface area contributed by atoms with E-state index in [1.54, 1.807) is 30.8 Å². The standard InChI is InChI=1S/C15H13F3N2O2S/c1-20(14-19-6-7-23-14)13(21)11-8-10(11)9-4-2-3-5-12(9)22-15(16,17)18/h2-7,10-11H,8H2,1H3/t10-,11+/m0/s1. The Morgan fingerprint density at radius 1 is 1.39 bits per heavy atom. The van der Waals surface area contributed by atoms with Crippen molar-refractivity contribution in [2.24, 2.45) is 5.92 Å². The number of carbonyl (C=O) groups is 1. The average Bonchev–Trinajstić information content (AvgIpc) is 3.08. The molecule has 1 heterocycles. The quantitative estimate of drug-likeness (QED) is 0.849. The molecule has 0 radical (unpaired) electrons. The Balaban J connectivity index is 1.75. The second kappa shape index (κ2) is 5.84. The van der Waals surface area contributed by atoms with Gasteiger partial charge in [-0.05, 0) is 24.0 Å². The minimum atomic E-state index is -4.75. The molecule has 2 aromatic rings. The highest BCUT2D eigenvalue weighted by molar-refractivity contribution is 7.13. The maximum absolute atomic E-state index is 12.5. The fourth-order valence-corrected chi connectivity index (χ4v) is 3.15. The number of rotatable bonds is 4. The normalized spacial score (nSPS) is 20.2. The molecule has 0 aliphatic heterocycles. The Kier molecular flexibility index (Phi) is 4.01. The van der Waals surface area contributed by atoms with Crippen molar-refractivity contribution < 1.29 is 22.7 Å². The van der Waals surface area contributed by atoms with E-state index >= 15 is 0 Å². The predicted molar refractivity (Wildman–Crippen MR) is 79.5 cm³/mol. The van der Waals surface area contributed by atoms with Crippen molar-refractivity contribution >= 4 is 22.4 Å². The lowest BCUT2D eigenvalue weighted by molar-refractivity contribution is -0.274. The van der Waals surface area contributed by atoms with Gasteiger partial charge in [-0.3, -0.25) is 9.69 Å². The average molecular weight is 342 g/mol. The first-order chi connectivity index (χ1) is 10.9. The second-order valence-corrected chi connectivity index (χ2v) is 6.12. The minimum absolute atomic E-state index is 0.147. The van der Waals surface area contributed by atoms with Crippen LogP contribution in [0.4, 0.5) is 18.3 Å². The van der Waals surface area contributed by atoms with Crippen molar-refractivity contribution in [1.29, 1.82) is 0 Å². The van der Waals surface area contributed by atoms with Gasteiger partial charge < -0.3 is 4.74 Å². The number of hydrogen-bond donors (Lipinski definition) is 0. The molecule has 1 aromatic heterocycles. The van der Waals surface area contributed by atoms with E-state index < -0.39 is 6.36 Å². The summed E-state index contributed by atoms with van der Waals surface area (Å²) in [5.74, 6) is -0.991. The van der Waals surface area contributed by atoms with Gasteiger partial charge in [0.25, 0.3) is 0 Å². The summed E-state index contributed by atoms with van der Waals surface area (Å²) in [6, 6.07) is 5.96. The van der Waals surface area contributed by atoms with Crippen LogP contribution in [0.2, 0.25) is 0 Å². The highest BCUT2D eigenvalue weighted by Gasteiger charge is 2.47. The molecule has 1 aliphatic rings. The van der Waals surface area contributed by atoms with Crippen molar-refractivity contribution in [2.75, 3.05) is 11.9 Å². The van der Waals surface area contributed by atoms with Crippen molar-refractivity contribution in [1.82, 2.24) is 4.98 Å². The lowest BCUT2D eigenvalue weighted by atomic mass is 10.1. The zero-order valence-corrected chi connectivity index (χ0v) is 12.9. The molecule has 3 rings (SSSR count). The van der Waals surface area contributed by atoms with E-state index in [1.807, 2.05) is 0 Å². The third-order valence-corrected chi connectivity index (χ3v) is 4.54. The number of para-hydroxylation sites is 1. The Labute approximate surface area is 134 Å². The lowest BCUT2D eigenvalue weighted by Gasteiger charge is -2.15. The first-order valence-electron chi connectivity index (χ1n) is 6.88. The van der Waals surface area contributed by atoms with Crippen molar-refractivity contribution in [2.45, 2.75) is 18.7 Å². The summed E-state index contributed by atoms with van der Waals surface area (Å²) in [6.45, 7) is 0. The van der Waals surface area contributed by atoms with E-state index in [0.717, 1.165) is 0 Å². The number of hydrogen-bond acceptors (Lipinski definition) is 4. The highest BCUT2D eigenvalue weighted by atomic mass is 32.1. The summed E-state index contributed by atoms with van der Waals surface area (Å²) in [4.78, 5) is 17.9. The van der Waals surface area contributed by atoms with Gasteiger partial charge in [0.15, 0.2) is 5.13 Å². The summed E-state index contributed by atoms with van der Waals surface area (Å²) in [5, 5.41) is 2.33. The zero-order valence-electron chi connectivity index (χ0n) is 12.1. The van der Waals surface area contributed by atoms with Crippen LogP contribution in [0, 0.1) is 5.92 Å². The SMILES string of the molecule is CN(C(=O)[C@@H]1C[C@H]1c1ccccc1OC(F)(F)F)c1nccs1. The molecule has 122 valence electrons. The molecule has 1 aromatic carbocycles. The predicted octanol–water partition coefficient (Wildman–Crippen LogP) is 3.81. The van der Waals surface area contributed by atoms with Crippen LogP contribution in [0.15, 0.2) is 35.8 Å². The number of alkyl halides is 3. The monoisotopic (exact) mass is 342 g/mol. The van der Waals surface area contributed by atoms with Gasteiger partial charge in [0.05, 0.1) is 0 Å². The second-order valence-electron chi connectivity index (χ2n) is 5.25. The van der Waals surface area contributed by atoms with Crippen LogP contribution in [0.5, 0.6) is 5.75 Å². The van der Waals surface area contributed by atoms with Gasteiger partial charge in [-0.25, -0.2) is 4.98 Å². The summed E-state index contributed by atoms with van der Waals surface area (Å²) >= 11 is 1.33. The van der Waals surface area contributed by atoms with Gasteiger partial charge in [0.1, 0.15) is 5.75 Å². The Bertz CT molecular complexity index is 703. The molecule has 0 bridgehead atoms. The van der Waals surface area contributed by atoms with Crippen LogP contribution >= 0.6 is 11.3 Å². The van der Waals surface area contributed by atoms with Crippen molar-refractivity contribution in [3.63, 3.8) is 0 Å². The molecule has 23 heavy (non-hydrogen) atoms. The fraction of sp³-hybridized carbons (Fsp3) is 0.333. The van der Waals surface area contributed by atoms with Crippen LogP contribution in [-0.4, -0.2) is 24.3 Å². The minimum Gasteiger partial charge on any atom is -0.405 e. The number of anilines is 1. The number of carbonyl (C=O) groups excluding carboxylic acids is 1. The fourth-order valence-electron chi connectivity index (χ4n) is 2.54. The van der Waals surface area contributed by atoms with E-state index in [9.17, 15) is 18.0 Å². The van der Waals surface area contributed by atoms with E-state index in [4.69, 9.17) is 0 Å². The Morgan fingerprint density at radius 2 is 2.13 bits per heavy atom. The Hall–Kier alpha value is -2.09. The third-order valence-electron chi connectivity index (χ3n) is 3.69. The molecule has 4 nitrogen and oxygen atoms in total. The third kappa shape index (κ3) is 3.47. The van der Waals surface area contributed by atoms with Crippen molar-refractivity contribution in [3.8, 4) is 5.75 Å². The number of aromatic nitrogens is 1. The van der Waals surface area contributed by atoms with Gasteiger partial charge in [-0.15, -0.1) is 24.5 Å². The maximum atomic E-state index is 12.5. The molecule has 1 amide bonds. The van der Waals surface area contributed by atoms with Crippen LogP contribution < -0.4 is 9.64 Å². The van der Waals surface area contributed by atoms with Gasteiger partial charge in [0, 0.05) is 24.5 Å². The number of amides is 1. The van der Waals surface area contributed by atoms with Gasteiger partial charge in [0.2, 0.25) is 5.91 Å². The molecule has 0 spiro atoms. The maximum Gasteiger partial charge on any atom is 0.573 e. The number of benzene rings is 1. The molecule has 0 saturated heterocycles. The molecule has 0 unspecified atom stereocenters. The molecular formula is C15H13F3N2O2S. The van der Waals surface area contributed by atoms with Crippen LogP contribution in [-0.2, 0) is 4.79 Å². The molecular weight excluding hydrogens is 329 g/mol. The zero-order chi connectivity index (χ0) is 16.6. The van der Waals surface area contributed by atoms with Gasteiger partial charge >= 0.3 is 6.36 Å². The first kappa shape index (κ1) is 15.8. The highest BCUT2D eigenvalue weighted by Crippen LogP contribution is 2.51. The van der Waals surface area contributed by atoms with Crippen molar-refractivity contribution in [3.05, 3.63) is 41.4 Å². The number of thiazole rings is 1. The van der Waals surface area contributed by atoms with Gasteiger partial charge in [-0.2, -0.15) is 0 Å². The summed E-state index contributed by atoms with van der Waals surface area (Å²) in [5.41, 5.74) is 0.413. The molecule has 1 aliphatic carbocycles. The topological polar surface area (TPSA) is 42.4 Å². The summed E-state index contributed by atoms with van der Waals surface area (Å²) in [7, 11) is 1.62. The number of halogens is 3. The van der Waals surface area contributed by atoms with E-state index in [2.05, 4.69) is 9.72 Å². The van der Waals surface area contributed by atoms with E-state index in [-0.39, 0.29) is 23.5 Å². The molecule has 8 heteroatoms. The molecule has 2 atom stereocenters. The number of nitrogens with zero attached hydrogens (tertiary/aromatic N) is 2. The smallest absolute Gasteiger partial charge is 0.405 e. The largest absolute Gasteiger partial charge is 0.573 e. The van der Waals surface area contributed by atoms with Gasteiger partial charge in [-0.1, -0.05) is 18.2 Å². The van der Waals surface area contributed by atoms with E-state index in [0.29, 0.717) is 17.1 Å². The lowest BCUT2D eigenvalue weighted by Crippen LogP contribution is -2.28. The number of ether oxygens (including phenoxy) is 1. The molecule has 1 saturated carbocycles. The van der Waals surface area contributed by atoms with E-state index in [1.165, 1.54) is 28.4 Å². The van der Waals surface area contributed by atoms with Crippen LogP contribution in [0.25, 0.3) is 0 Å². The molecule has 0 N–H and O–H groups in total. The summed E-state index contributed by atoms with van der Waals surface area (Å²) < 4.78 is 41.5. The first-order valence-corrected chi connectivity index (χ1v) is 7.76.